The van der Waals surface area contributed by atoms with E-state index in [0.29, 0.717) is 6.54 Å². The van der Waals surface area contributed by atoms with Crippen LogP contribution in [0.15, 0.2) is 16.6 Å². The predicted octanol–water partition coefficient (Wildman–Crippen LogP) is 1.87. The van der Waals surface area contributed by atoms with E-state index in [2.05, 4.69) is 31.5 Å². The van der Waals surface area contributed by atoms with E-state index >= 15 is 0 Å². The fourth-order valence-corrected chi connectivity index (χ4v) is 3.10. The lowest BCUT2D eigenvalue weighted by molar-refractivity contribution is -0.117. The average molecular weight is 342 g/mol. The van der Waals surface area contributed by atoms with Crippen molar-refractivity contribution in [3.63, 3.8) is 0 Å². The lowest BCUT2D eigenvalue weighted by Gasteiger charge is -2.24. The van der Waals surface area contributed by atoms with E-state index in [0.717, 1.165) is 34.5 Å². The second kappa shape index (κ2) is 6.56. The lowest BCUT2D eigenvalue weighted by atomic mass is 10.1. The molecule has 1 heterocycles. The van der Waals surface area contributed by atoms with E-state index < -0.39 is 0 Å². The van der Waals surface area contributed by atoms with Gasteiger partial charge < -0.3 is 20.6 Å². The Bertz CT molecular complexity index is 507. The first kappa shape index (κ1) is 15.3. The number of halogens is 1. The minimum absolute atomic E-state index is 0.0175. The smallest absolute Gasteiger partial charge is 0.246 e. The molecule has 1 amide bonds. The van der Waals surface area contributed by atoms with Crippen LogP contribution in [-0.4, -0.2) is 37.3 Å². The average Bonchev–Trinajstić information content (AvgIpc) is 2.72. The Hall–Kier alpha value is -1.11. The number of anilines is 2. The van der Waals surface area contributed by atoms with Crippen molar-refractivity contribution in [2.45, 2.75) is 19.9 Å². The zero-order valence-electron chi connectivity index (χ0n) is 11.7. The molecule has 0 spiro atoms. The summed E-state index contributed by atoms with van der Waals surface area (Å²) in [4.78, 5) is 14.0. The number of nitrogens with one attached hydrogen (secondary N) is 2. The van der Waals surface area contributed by atoms with Crippen LogP contribution in [0, 0.1) is 0 Å². The molecule has 0 aliphatic carbocycles. The first-order chi connectivity index (χ1) is 9.62. The van der Waals surface area contributed by atoms with Crippen LogP contribution in [0.4, 0.5) is 11.4 Å². The van der Waals surface area contributed by atoms with Crippen molar-refractivity contribution in [2.24, 2.45) is 0 Å². The molecule has 0 saturated carbocycles. The fraction of sp³-hybridized carbons (Fsp3) is 0.500. The van der Waals surface area contributed by atoms with Crippen LogP contribution < -0.4 is 15.5 Å². The van der Waals surface area contributed by atoms with Gasteiger partial charge in [0.05, 0.1) is 12.3 Å². The standard InChI is InChI=1S/C14H20BrN3O2/c1-3-16-13-9-7-10(15)12(18(4-2)5-6-19)8-11(9)17-14(13)20/h7-8,13,16,19H,3-6H2,1-2H3,(H,17,20). The van der Waals surface area contributed by atoms with Gasteiger partial charge in [0, 0.05) is 28.8 Å². The highest BCUT2D eigenvalue weighted by molar-refractivity contribution is 9.10. The largest absolute Gasteiger partial charge is 0.395 e. The molecule has 6 heteroatoms. The van der Waals surface area contributed by atoms with Gasteiger partial charge in [-0.05, 0) is 41.5 Å². The molecule has 110 valence electrons. The number of carbonyl (C=O) groups is 1. The third kappa shape index (κ3) is 2.82. The number of hydrogen-bond donors (Lipinski definition) is 3. The van der Waals surface area contributed by atoms with Crippen LogP contribution in [-0.2, 0) is 4.79 Å². The summed E-state index contributed by atoms with van der Waals surface area (Å²) in [5.74, 6) is -0.0175. The maximum absolute atomic E-state index is 12.0. The van der Waals surface area contributed by atoms with Crippen molar-refractivity contribution in [1.29, 1.82) is 0 Å². The third-order valence-corrected chi connectivity index (χ3v) is 4.09. The molecule has 0 bridgehead atoms. The molecule has 0 radical (unpaired) electrons. The van der Waals surface area contributed by atoms with E-state index in [1.807, 2.05) is 26.0 Å². The summed E-state index contributed by atoms with van der Waals surface area (Å²) in [6.45, 7) is 6.22. The van der Waals surface area contributed by atoms with Crippen molar-refractivity contribution in [3.05, 3.63) is 22.2 Å². The Morgan fingerprint density at radius 3 is 2.80 bits per heavy atom. The molecule has 2 rings (SSSR count). The number of aliphatic hydroxyl groups excluding tert-OH is 1. The van der Waals surface area contributed by atoms with E-state index in [1.54, 1.807) is 0 Å². The number of rotatable bonds is 6. The van der Waals surface area contributed by atoms with Crippen molar-refractivity contribution in [3.8, 4) is 0 Å². The Kier molecular flexibility index (Phi) is 5.01. The molecule has 0 fully saturated rings. The number of likely N-dealkylation sites (N-methyl/N-ethyl adjacent to an activating group) is 2. The molecule has 1 aliphatic rings. The first-order valence-corrected chi connectivity index (χ1v) is 7.65. The van der Waals surface area contributed by atoms with Gasteiger partial charge in [0.2, 0.25) is 5.91 Å². The maximum atomic E-state index is 12.0. The molecule has 3 N–H and O–H groups in total. The molecule has 1 unspecified atom stereocenters. The van der Waals surface area contributed by atoms with Gasteiger partial charge in [-0.25, -0.2) is 0 Å². The number of aliphatic hydroxyl groups is 1. The summed E-state index contributed by atoms with van der Waals surface area (Å²) in [5.41, 5.74) is 2.79. The highest BCUT2D eigenvalue weighted by Gasteiger charge is 2.31. The summed E-state index contributed by atoms with van der Waals surface area (Å²) in [7, 11) is 0. The van der Waals surface area contributed by atoms with Crippen molar-refractivity contribution in [1.82, 2.24) is 5.32 Å². The van der Waals surface area contributed by atoms with Crippen molar-refractivity contribution >= 4 is 33.2 Å². The number of benzene rings is 1. The number of nitrogens with zero attached hydrogens (tertiary/aromatic N) is 1. The van der Waals surface area contributed by atoms with Gasteiger partial charge in [-0.2, -0.15) is 0 Å². The highest BCUT2D eigenvalue weighted by atomic mass is 79.9. The van der Waals surface area contributed by atoms with Crippen molar-refractivity contribution in [2.75, 3.05) is 36.5 Å². The van der Waals surface area contributed by atoms with Crippen LogP contribution in [0.2, 0.25) is 0 Å². The van der Waals surface area contributed by atoms with Gasteiger partial charge in [0.1, 0.15) is 6.04 Å². The SMILES string of the molecule is CCNC1C(=O)Nc2cc(N(CC)CCO)c(Br)cc21. The molecular formula is C14H20BrN3O2. The Morgan fingerprint density at radius 2 is 2.20 bits per heavy atom. The second-order valence-electron chi connectivity index (χ2n) is 4.67. The van der Waals surface area contributed by atoms with Gasteiger partial charge in [-0.3, -0.25) is 4.79 Å². The molecule has 5 nitrogen and oxygen atoms in total. The Morgan fingerprint density at radius 1 is 1.45 bits per heavy atom. The fourth-order valence-electron chi connectivity index (χ4n) is 2.49. The molecular weight excluding hydrogens is 322 g/mol. The zero-order chi connectivity index (χ0) is 14.7. The highest BCUT2D eigenvalue weighted by Crippen LogP contribution is 2.38. The van der Waals surface area contributed by atoms with Crippen LogP contribution >= 0.6 is 15.9 Å². The summed E-state index contributed by atoms with van der Waals surface area (Å²) in [6.07, 6.45) is 0. The molecule has 1 aromatic rings. The van der Waals surface area contributed by atoms with Crippen LogP contribution in [0.1, 0.15) is 25.5 Å². The normalized spacial score (nSPS) is 17.0. The predicted molar refractivity (Wildman–Crippen MR) is 84.2 cm³/mol. The first-order valence-electron chi connectivity index (χ1n) is 6.85. The van der Waals surface area contributed by atoms with Crippen molar-refractivity contribution < 1.29 is 9.90 Å². The minimum atomic E-state index is -0.284. The summed E-state index contributed by atoms with van der Waals surface area (Å²) in [6, 6.07) is 3.66. The van der Waals surface area contributed by atoms with Gasteiger partial charge in [0.15, 0.2) is 0 Å². The maximum Gasteiger partial charge on any atom is 0.246 e. The lowest BCUT2D eigenvalue weighted by Crippen LogP contribution is -2.27. The number of carbonyl (C=O) groups excluding carboxylic acids is 1. The zero-order valence-corrected chi connectivity index (χ0v) is 13.3. The van der Waals surface area contributed by atoms with E-state index in [-0.39, 0.29) is 18.6 Å². The molecule has 1 aromatic carbocycles. The van der Waals surface area contributed by atoms with E-state index in [1.165, 1.54) is 0 Å². The molecule has 20 heavy (non-hydrogen) atoms. The Labute approximate surface area is 127 Å². The Balaban J connectivity index is 2.37. The topological polar surface area (TPSA) is 64.6 Å². The molecule has 0 saturated heterocycles. The summed E-state index contributed by atoms with van der Waals surface area (Å²) in [5, 5.41) is 15.2. The van der Waals surface area contributed by atoms with E-state index in [9.17, 15) is 4.79 Å². The van der Waals surface area contributed by atoms with E-state index in [4.69, 9.17) is 5.11 Å². The van der Waals surface area contributed by atoms with Gasteiger partial charge in [-0.15, -0.1) is 0 Å². The summed E-state index contributed by atoms with van der Waals surface area (Å²) >= 11 is 3.57. The molecule has 0 aromatic heterocycles. The number of amides is 1. The van der Waals surface area contributed by atoms with Crippen LogP contribution in [0.3, 0.4) is 0 Å². The quantitative estimate of drug-likeness (QED) is 0.739. The number of fused-ring (bicyclic) bond motifs is 1. The van der Waals surface area contributed by atoms with Gasteiger partial charge in [-0.1, -0.05) is 6.92 Å². The number of hydrogen-bond acceptors (Lipinski definition) is 4. The second-order valence-corrected chi connectivity index (χ2v) is 5.53. The minimum Gasteiger partial charge on any atom is -0.395 e. The monoisotopic (exact) mass is 341 g/mol. The summed E-state index contributed by atoms with van der Waals surface area (Å²) < 4.78 is 0.936. The van der Waals surface area contributed by atoms with Gasteiger partial charge >= 0.3 is 0 Å². The van der Waals surface area contributed by atoms with Gasteiger partial charge in [0.25, 0.3) is 0 Å². The third-order valence-electron chi connectivity index (χ3n) is 3.45. The van der Waals surface area contributed by atoms with Crippen LogP contribution in [0.5, 0.6) is 0 Å². The molecule has 1 aliphatic heterocycles. The van der Waals surface area contributed by atoms with Crippen LogP contribution in [0.25, 0.3) is 0 Å². The molecule has 1 atom stereocenters.